The molecule has 0 aliphatic rings. The number of carbonyl (C=O) groups is 1. The van der Waals surface area contributed by atoms with Crippen molar-refractivity contribution >= 4 is 15.8 Å². The van der Waals surface area contributed by atoms with Crippen molar-refractivity contribution in [2.24, 2.45) is 0 Å². The van der Waals surface area contributed by atoms with Crippen molar-refractivity contribution in [1.82, 2.24) is 0 Å². The van der Waals surface area contributed by atoms with Gasteiger partial charge in [-0.25, -0.2) is 8.42 Å². The summed E-state index contributed by atoms with van der Waals surface area (Å²) in [5.41, 5.74) is -1.12. The van der Waals surface area contributed by atoms with Gasteiger partial charge >= 0.3 is 12.1 Å². The van der Waals surface area contributed by atoms with Gasteiger partial charge in [-0.1, -0.05) is 19.1 Å². The van der Waals surface area contributed by atoms with Crippen LogP contribution in [0.3, 0.4) is 0 Å². The third-order valence-corrected chi connectivity index (χ3v) is 5.57. The Kier molecular flexibility index (Phi) is 5.96. The van der Waals surface area contributed by atoms with Crippen LogP contribution in [0.25, 0.3) is 0 Å². The van der Waals surface area contributed by atoms with Gasteiger partial charge in [0.15, 0.2) is 9.84 Å². The van der Waals surface area contributed by atoms with Crippen LogP contribution in [-0.4, -0.2) is 25.2 Å². The number of esters is 1. The Labute approximate surface area is 154 Å². The van der Waals surface area contributed by atoms with Crippen molar-refractivity contribution in [1.29, 1.82) is 0 Å². The lowest BCUT2D eigenvalue weighted by Crippen LogP contribution is -2.11. The van der Waals surface area contributed by atoms with Crippen LogP contribution in [0, 0.1) is 0 Å². The molecule has 0 aromatic heterocycles. The number of aliphatic hydroxyl groups is 1. The summed E-state index contributed by atoms with van der Waals surface area (Å²) in [7, 11) is -3.46. The van der Waals surface area contributed by atoms with E-state index in [1.54, 1.807) is 0 Å². The molecule has 2 aromatic rings. The Morgan fingerprint density at radius 2 is 1.74 bits per heavy atom. The van der Waals surface area contributed by atoms with Gasteiger partial charge in [0.25, 0.3) is 0 Å². The van der Waals surface area contributed by atoms with E-state index in [4.69, 9.17) is 4.74 Å². The summed E-state index contributed by atoms with van der Waals surface area (Å²) in [5.74, 6) is -1.08. The SMILES string of the molecule is CCS(=O)(=O)c1ccc(C(O)c2cc(C(F)(F)F)ccc2OC(C)=O)cc1. The number of alkyl halides is 3. The maximum absolute atomic E-state index is 13.0. The summed E-state index contributed by atoms with van der Waals surface area (Å²) in [4.78, 5) is 11.2. The lowest BCUT2D eigenvalue weighted by Gasteiger charge is -2.18. The molecule has 9 heteroatoms. The zero-order valence-electron chi connectivity index (χ0n) is 14.4. The summed E-state index contributed by atoms with van der Waals surface area (Å²) in [6.45, 7) is 2.56. The highest BCUT2D eigenvalue weighted by atomic mass is 32.2. The van der Waals surface area contributed by atoms with Crippen molar-refractivity contribution in [3.8, 4) is 5.75 Å². The highest BCUT2D eigenvalue weighted by Gasteiger charge is 2.32. The van der Waals surface area contributed by atoms with Crippen molar-refractivity contribution in [2.45, 2.75) is 31.0 Å². The van der Waals surface area contributed by atoms with Crippen LogP contribution in [0.5, 0.6) is 5.75 Å². The Morgan fingerprint density at radius 3 is 2.22 bits per heavy atom. The first kappa shape index (κ1) is 20.9. The molecule has 0 spiro atoms. The molecule has 0 saturated heterocycles. The fraction of sp³-hybridized carbons (Fsp3) is 0.278. The van der Waals surface area contributed by atoms with Gasteiger partial charge < -0.3 is 9.84 Å². The molecule has 5 nitrogen and oxygen atoms in total. The first-order valence-corrected chi connectivity index (χ1v) is 9.51. The number of carbonyl (C=O) groups excluding carboxylic acids is 1. The Bertz CT molecular complexity index is 934. The number of hydrogen-bond acceptors (Lipinski definition) is 5. The van der Waals surface area contributed by atoms with E-state index < -0.39 is 33.7 Å². The summed E-state index contributed by atoms with van der Waals surface area (Å²) in [6.07, 6.45) is -6.21. The van der Waals surface area contributed by atoms with Crippen LogP contribution in [0.4, 0.5) is 13.2 Å². The molecule has 0 aliphatic heterocycles. The van der Waals surface area contributed by atoms with Gasteiger partial charge in [-0.15, -0.1) is 0 Å². The van der Waals surface area contributed by atoms with E-state index in [1.165, 1.54) is 31.2 Å². The number of hydrogen-bond donors (Lipinski definition) is 1. The minimum absolute atomic E-state index is 0.0326. The van der Waals surface area contributed by atoms with Gasteiger partial charge in [-0.05, 0) is 35.9 Å². The zero-order valence-corrected chi connectivity index (χ0v) is 15.3. The topological polar surface area (TPSA) is 80.7 Å². The number of sulfone groups is 1. The molecule has 0 saturated carbocycles. The Morgan fingerprint density at radius 1 is 1.15 bits per heavy atom. The molecule has 0 bridgehead atoms. The van der Waals surface area contributed by atoms with Gasteiger partial charge in [-0.2, -0.15) is 13.2 Å². The lowest BCUT2D eigenvalue weighted by molar-refractivity contribution is -0.137. The summed E-state index contributed by atoms with van der Waals surface area (Å²) in [6, 6.07) is 7.51. The Balaban J connectivity index is 2.49. The molecule has 1 atom stereocenters. The second-order valence-corrected chi connectivity index (χ2v) is 8.00. The average Bonchev–Trinajstić information content (AvgIpc) is 2.60. The van der Waals surface area contributed by atoms with Crippen molar-refractivity contribution in [2.75, 3.05) is 5.75 Å². The summed E-state index contributed by atoms with van der Waals surface area (Å²) in [5, 5.41) is 10.5. The minimum Gasteiger partial charge on any atom is -0.426 e. The smallest absolute Gasteiger partial charge is 0.416 e. The van der Waals surface area contributed by atoms with E-state index in [1.807, 2.05) is 0 Å². The Hall–Kier alpha value is -2.39. The van der Waals surface area contributed by atoms with E-state index in [-0.39, 0.29) is 27.5 Å². The van der Waals surface area contributed by atoms with E-state index >= 15 is 0 Å². The molecular formula is C18H17F3O5S. The molecule has 27 heavy (non-hydrogen) atoms. The average molecular weight is 402 g/mol. The van der Waals surface area contributed by atoms with Crippen LogP contribution in [0.2, 0.25) is 0 Å². The van der Waals surface area contributed by atoms with Crippen LogP contribution >= 0.6 is 0 Å². The molecule has 0 aliphatic carbocycles. The minimum atomic E-state index is -4.65. The predicted molar refractivity (Wildman–Crippen MR) is 91.0 cm³/mol. The summed E-state index contributed by atoms with van der Waals surface area (Å²) < 4.78 is 67.5. The predicted octanol–water partition coefficient (Wildman–Crippen LogP) is 3.51. The molecule has 146 valence electrons. The van der Waals surface area contributed by atoms with Gasteiger partial charge in [0.1, 0.15) is 11.9 Å². The monoisotopic (exact) mass is 402 g/mol. The lowest BCUT2D eigenvalue weighted by atomic mass is 9.98. The fourth-order valence-corrected chi connectivity index (χ4v) is 3.27. The number of halogens is 3. The molecule has 0 amide bonds. The number of rotatable bonds is 5. The first-order valence-electron chi connectivity index (χ1n) is 7.86. The molecule has 2 aromatic carbocycles. The van der Waals surface area contributed by atoms with Crippen LogP contribution in [0.1, 0.15) is 36.6 Å². The third kappa shape index (κ3) is 4.86. The summed E-state index contributed by atoms with van der Waals surface area (Å²) >= 11 is 0. The van der Waals surface area contributed by atoms with Crippen molar-refractivity contribution in [3.63, 3.8) is 0 Å². The molecule has 0 radical (unpaired) electrons. The number of benzene rings is 2. The van der Waals surface area contributed by atoms with Gasteiger partial charge in [-0.3, -0.25) is 4.79 Å². The van der Waals surface area contributed by atoms with Crippen LogP contribution < -0.4 is 4.74 Å². The number of aliphatic hydroxyl groups excluding tert-OH is 1. The quantitative estimate of drug-likeness (QED) is 0.612. The second-order valence-electron chi connectivity index (χ2n) is 5.72. The molecule has 0 fully saturated rings. The van der Waals surface area contributed by atoms with E-state index in [9.17, 15) is 31.5 Å². The first-order chi connectivity index (χ1) is 12.5. The second kappa shape index (κ2) is 7.69. The van der Waals surface area contributed by atoms with Crippen LogP contribution in [0.15, 0.2) is 47.4 Å². The molecule has 0 heterocycles. The third-order valence-electron chi connectivity index (χ3n) is 3.82. The number of ether oxygens (including phenoxy) is 1. The highest BCUT2D eigenvalue weighted by molar-refractivity contribution is 7.91. The zero-order chi connectivity index (χ0) is 20.4. The van der Waals surface area contributed by atoms with Gasteiger partial charge in [0, 0.05) is 12.5 Å². The largest absolute Gasteiger partial charge is 0.426 e. The van der Waals surface area contributed by atoms with E-state index in [2.05, 4.69) is 0 Å². The maximum atomic E-state index is 13.0. The highest BCUT2D eigenvalue weighted by Crippen LogP contribution is 2.37. The maximum Gasteiger partial charge on any atom is 0.416 e. The molecular weight excluding hydrogens is 385 g/mol. The van der Waals surface area contributed by atoms with Crippen molar-refractivity contribution in [3.05, 3.63) is 59.2 Å². The molecule has 2 rings (SSSR count). The molecule has 1 N–H and O–H groups in total. The standard InChI is InChI=1S/C18H17F3O5S/c1-3-27(24,25)14-7-4-12(5-8-14)17(23)15-10-13(18(19,20)21)6-9-16(15)26-11(2)22/h4-10,17,23H,3H2,1-2H3. The molecule has 1 unspecified atom stereocenters. The van der Waals surface area contributed by atoms with E-state index in [0.29, 0.717) is 6.07 Å². The van der Waals surface area contributed by atoms with Crippen molar-refractivity contribution < 1.29 is 36.2 Å². The normalized spacial score (nSPS) is 13.3. The van der Waals surface area contributed by atoms with Gasteiger partial charge in [0.05, 0.1) is 16.2 Å². The van der Waals surface area contributed by atoms with Gasteiger partial charge in [0.2, 0.25) is 0 Å². The van der Waals surface area contributed by atoms with E-state index in [0.717, 1.165) is 19.1 Å². The fourth-order valence-electron chi connectivity index (χ4n) is 2.39. The van der Waals surface area contributed by atoms with Crippen LogP contribution in [-0.2, 0) is 20.8 Å².